The predicted molar refractivity (Wildman–Crippen MR) is 105 cm³/mol. The Hall–Kier alpha value is -3.38. The maximum Gasteiger partial charge on any atom is 0.253 e. The zero-order valence-corrected chi connectivity index (χ0v) is 14.7. The first-order valence-electron chi connectivity index (χ1n) is 9.00. The molecule has 0 fully saturated rings. The summed E-state index contributed by atoms with van der Waals surface area (Å²) in [6.07, 6.45) is 4.05. The van der Waals surface area contributed by atoms with Crippen LogP contribution in [0.15, 0.2) is 60.9 Å². The second-order valence-corrected chi connectivity index (χ2v) is 6.69. The fraction of sp³-hybridized carbons (Fsp3) is 0.143. The smallest absolute Gasteiger partial charge is 0.253 e. The van der Waals surface area contributed by atoms with Crippen LogP contribution < -0.4 is 11.1 Å². The van der Waals surface area contributed by atoms with Crippen molar-refractivity contribution in [1.29, 1.82) is 0 Å². The van der Waals surface area contributed by atoms with E-state index >= 15 is 0 Å². The van der Waals surface area contributed by atoms with Crippen LogP contribution in [0.5, 0.6) is 0 Å². The fourth-order valence-corrected chi connectivity index (χ4v) is 3.69. The van der Waals surface area contributed by atoms with E-state index in [4.69, 9.17) is 10.7 Å². The summed E-state index contributed by atoms with van der Waals surface area (Å²) >= 11 is 0. The molecule has 1 aliphatic rings. The van der Waals surface area contributed by atoms with Gasteiger partial charge in [-0.2, -0.15) is 0 Å². The molecule has 2 aromatic carbocycles. The first-order valence-corrected chi connectivity index (χ1v) is 9.00. The molecule has 3 N–H and O–H groups in total. The summed E-state index contributed by atoms with van der Waals surface area (Å²) in [5.74, 6) is 0.847. The van der Waals surface area contributed by atoms with Gasteiger partial charge in [0.05, 0.1) is 16.6 Å². The molecule has 5 rings (SSSR count). The number of nitrogens with two attached hydrogens (primary N) is 1. The lowest BCUT2D eigenvalue weighted by molar-refractivity contribution is 0.0956. The van der Waals surface area contributed by atoms with Gasteiger partial charge in [-0.15, -0.1) is 0 Å². The molecule has 6 heteroatoms. The van der Waals surface area contributed by atoms with E-state index in [1.807, 2.05) is 36.7 Å². The van der Waals surface area contributed by atoms with Gasteiger partial charge in [0, 0.05) is 43.3 Å². The minimum absolute atomic E-state index is 0.0375. The SMILES string of the molecule is NCc1ccn(-c2ccc(-c3nc4cccc5c4n3CCNC5=O)cc2)c1. The molecular formula is C21H19N5O. The second kappa shape index (κ2) is 6.10. The Morgan fingerprint density at radius 1 is 1.11 bits per heavy atom. The molecular weight excluding hydrogens is 338 g/mol. The summed E-state index contributed by atoms with van der Waals surface area (Å²) in [6, 6.07) is 16.0. The number of imidazole rings is 1. The summed E-state index contributed by atoms with van der Waals surface area (Å²) in [6.45, 7) is 1.83. The molecule has 134 valence electrons. The molecule has 0 aliphatic carbocycles. The van der Waals surface area contributed by atoms with Crippen LogP contribution in [0.2, 0.25) is 0 Å². The number of hydrogen-bond acceptors (Lipinski definition) is 3. The van der Waals surface area contributed by atoms with Gasteiger partial charge in [-0.25, -0.2) is 4.98 Å². The van der Waals surface area contributed by atoms with Gasteiger partial charge in [0.1, 0.15) is 5.82 Å². The Kier molecular flexibility index (Phi) is 3.58. The number of carbonyl (C=O) groups is 1. The summed E-state index contributed by atoms with van der Waals surface area (Å²) in [4.78, 5) is 17.1. The Balaban J connectivity index is 1.60. The van der Waals surface area contributed by atoms with Crippen LogP contribution in [-0.2, 0) is 13.1 Å². The van der Waals surface area contributed by atoms with E-state index < -0.39 is 0 Å². The summed E-state index contributed by atoms with van der Waals surface area (Å²) in [5.41, 5.74) is 11.3. The Labute approximate surface area is 156 Å². The number of nitrogens with one attached hydrogen (secondary N) is 1. The number of hydrogen-bond donors (Lipinski definition) is 2. The first kappa shape index (κ1) is 15.8. The van der Waals surface area contributed by atoms with E-state index in [0.717, 1.165) is 33.7 Å². The maximum atomic E-state index is 12.3. The lowest BCUT2D eigenvalue weighted by Crippen LogP contribution is -2.24. The topological polar surface area (TPSA) is 77.9 Å². The normalized spacial score (nSPS) is 13.6. The largest absolute Gasteiger partial charge is 0.350 e. The standard InChI is InChI=1S/C21H19N5O/c22-12-14-8-10-25(13-14)16-6-4-15(5-7-16)20-24-18-3-1-2-17-19(18)26(20)11-9-23-21(17)27/h1-8,10,13H,9,11-12,22H2,(H,23,27). The fourth-order valence-electron chi connectivity index (χ4n) is 3.69. The van der Waals surface area contributed by atoms with E-state index in [-0.39, 0.29) is 5.91 Å². The molecule has 0 unspecified atom stereocenters. The van der Waals surface area contributed by atoms with E-state index in [1.54, 1.807) is 0 Å². The minimum atomic E-state index is -0.0375. The molecule has 0 radical (unpaired) electrons. The van der Waals surface area contributed by atoms with E-state index in [0.29, 0.717) is 25.2 Å². The zero-order chi connectivity index (χ0) is 18.4. The Bertz CT molecular complexity index is 1150. The van der Waals surface area contributed by atoms with Gasteiger partial charge in [0.25, 0.3) is 5.91 Å². The third-order valence-corrected chi connectivity index (χ3v) is 5.05. The van der Waals surface area contributed by atoms with Crippen molar-refractivity contribution in [2.24, 2.45) is 5.73 Å². The molecule has 0 spiro atoms. The van der Waals surface area contributed by atoms with Crippen molar-refractivity contribution in [3.05, 3.63) is 72.1 Å². The van der Waals surface area contributed by atoms with E-state index in [1.165, 1.54) is 0 Å². The quantitative estimate of drug-likeness (QED) is 0.592. The highest BCUT2D eigenvalue weighted by Gasteiger charge is 2.21. The molecule has 0 saturated heterocycles. The van der Waals surface area contributed by atoms with Crippen molar-refractivity contribution in [1.82, 2.24) is 19.4 Å². The number of aromatic nitrogens is 3. The van der Waals surface area contributed by atoms with Crippen molar-refractivity contribution in [2.45, 2.75) is 13.1 Å². The predicted octanol–water partition coefficient (Wildman–Crippen LogP) is 2.70. The summed E-state index contributed by atoms with van der Waals surface area (Å²) < 4.78 is 4.20. The van der Waals surface area contributed by atoms with Crippen molar-refractivity contribution >= 4 is 16.9 Å². The van der Waals surface area contributed by atoms with Gasteiger partial charge in [-0.05, 0) is 48.0 Å². The highest BCUT2D eigenvalue weighted by molar-refractivity contribution is 6.06. The summed E-state index contributed by atoms with van der Waals surface area (Å²) in [7, 11) is 0. The summed E-state index contributed by atoms with van der Waals surface area (Å²) in [5, 5.41) is 2.95. The van der Waals surface area contributed by atoms with Crippen molar-refractivity contribution in [2.75, 3.05) is 6.54 Å². The molecule has 2 aromatic heterocycles. The van der Waals surface area contributed by atoms with Gasteiger partial charge >= 0.3 is 0 Å². The van der Waals surface area contributed by atoms with Crippen LogP contribution in [0, 0.1) is 0 Å². The molecule has 4 aromatic rings. The molecule has 1 amide bonds. The highest BCUT2D eigenvalue weighted by atomic mass is 16.1. The van der Waals surface area contributed by atoms with Crippen LogP contribution in [0.25, 0.3) is 28.1 Å². The Morgan fingerprint density at radius 3 is 2.74 bits per heavy atom. The molecule has 6 nitrogen and oxygen atoms in total. The average Bonchev–Trinajstić information content (AvgIpc) is 3.28. The van der Waals surface area contributed by atoms with E-state index in [2.05, 4.69) is 38.7 Å². The molecule has 0 bridgehead atoms. The monoisotopic (exact) mass is 357 g/mol. The molecule has 27 heavy (non-hydrogen) atoms. The number of para-hydroxylation sites is 1. The zero-order valence-electron chi connectivity index (χ0n) is 14.7. The second-order valence-electron chi connectivity index (χ2n) is 6.69. The molecule has 0 saturated carbocycles. The highest BCUT2D eigenvalue weighted by Crippen LogP contribution is 2.29. The van der Waals surface area contributed by atoms with Crippen LogP contribution in [0.4, 0.5) is 0 Å². The van der Waals surface area contributed by atoms with Crippen molar-refractivity contribution in [3.63, 3.8) is 0 Å². The van der Waals surface area contributed by atoms with Gasteiger partial charge in [0.2, 0.25) is 0 Å². The molecule has 0 atom stereocenters. The number of nitrogens with zero attached hydrogens (tertiary/aromatic N) is 3. The Morgan fingerprint density at radius 2 is 1.96 bits per heavy atom. The number of carbonyl (C=O) groups excluding carboxylic acids is 1. The molecule has 1 aliphatic heterocycles. The first-order chi connectivity index (χ1) is 13.2. The van der Waals surface area contributed by atoms with Gasteiger partial charge in [-0.1, -0.05) is 6.07 Å². The van der Waals surface area contributed by atoms with Crippen LogP contribution in [0.1, 0.15) is 15.9 Å². The van der Waals surface area contributed by atoms with Crippen molar-refractivity contribution in [3.8, 4) is 17.1 Å². The average molecular weight is 357 g/mol. The number of amides is 1. The third kappa shape index (κ3) is 2.53. The number of benzene rings is 2. The van der Waals surface area contributed by atoms with Crippen LogP contribution in [-0.4, -0.2) is 26.6 Å². The van der Waals surface area contributed by atoms with Crippen LogP contribution in [0.3, 0.4) is 0 Å². The van der Waals surface area contributed by atoms with E-state index in [9.17, 15) is 4.79 Å². The lowest BCUT2D eigenvalue weighted by atomic mass is 10.1. The van der Waals surface area contributed by atoms with Gasteiger partial charge in [-0.3, -0.25) is 4.79 Å². The maximum absolute atomic E-state index is 12.3. The van der Waals surface area contributed by atoms with Crippen molar-refractivity contribution < 1.29 is 4.79 Å². The number of rotatable bonds is 3. The molecule has 3 heterocycles. The van der Waals surface area contributed by atoms with Gasteiger partial charge < -0.3 is 20.2 Å². The van der Waals surface area contributed by atoms with Gasteiger partial charge in [0.15, 0.2) is 0 Å². The lowest BCUT2D eigenvalue weighted by Gasteiger charge is -2.09. The minimum Gasteiger partial charge on any atom is -0.350 e. The van der Waals surface area contributed by atoms with Crippen LogP contribution >= 0.6 is 0 Å². The third-order valence-electron chi connectivity index (χ3n) is 5.05.